The predicted octanol–water partition coefficient (Wildman–Crippen LogP) is 4.80. The van der Waals surface area contributed by atoms with E-state index in [0.717, 1.165) is 48.8 Å². The number of carbonyl (C=O) groups excluding carboxylic acids is 1. The van der Waals surface area contributed by atoms with E-state index >= 15 is 0 Å². The lowest BCUT2D eigenvalue weighted by Gasteiger charge is -2.23. The highest BCUT2D eigenvalue weighted by molar-refractivity contribution is 5.93. The standard InChI is InChI=1S/C25H27N3O2/c1-17-14-19-6-2-3-7-21(19)25(17)27-23(29)12-10-18-9-11-20-16-26-28(22(20)15-18)24-8-4-5-13-30-24/h2-3,6-7,9-12,15-17,24-25H,4-5,8,13-14H2,1H3,(H,27,29)/b12-10+. The molecule has 0 spiro atoms. The number of fused-ring (bicyclic) bond motifs is 2. The Morgan fingerprint density at radius 2 is 2.13 bits per heavy atom. The van der Waals surface area contributed by atoms with Gasteiger partial charge in [0.05, 0.1) is 17.8 Å². The molecule has 5 rings (SSSR count). The number of rotatable bonds is 4. The van der Waals surface area contributed by atoms with E-state index in [0.29, 0.717) is 5.92 Å². The van der Waals surface area contributed by atoms with E-state index in [1.54, 1.807) is 6.08 Å². The molecule has 1 aromatic heterocycles. The lowest BCUT2D eigenvalue weighted by molar-refractivity contribution is -0.117. The average molecular weight is 402 g/mol. The molecule has 3 atom stereocenters. The van der Waals surface area contributed by atoms with Crippen molar-refractivity contribution in [2.45, 2.75) is 44.9 Å². The first-order valence-electron chi connectivity index (χ1n) is 10.8. The van der Waals surface area contributed by atoms with Crippen molar-refractivity contribution in [3.05, 3.63) is 71.4 Å². The Hall–Kier alpha value is -2.92. The molecule has 1 N–H and O–H groups in total. The summed E-state index contributed by atoms with van der Waals surface area (Å²) >= 11 is 0. The van der Waals surface area contributed by atoms with Gasteiger partial charge in [-0.1, -0.05) is 43.3 Å². The summed E-state index contributed by atoms with van der Waals surface area (Å²) in [4.78, 5) is 12.6. The molecule has 3 aromatic rings. The molecule has 2 heterocycles. The van der Waals surface area contributed by atoms with Crippen molar-refractivity contribution in [2.24, 2.45) is 5.92 Å². The van der Waals surface area contributed by atoms with Crippen LogP contribution in [0.25, 0.3) is 17.0 Å². The zero-order valence-corrected chi connectivity index (χ0v) is 17.3. The third kappa shape index (κ3) is 3.65. The first-order chi connectivity index (χ1) is 14.7. The maximum absolute atomic E-state index is 12.6. The second kappa shape index (κ2) is 8.07. The van der Waals surface area contributed by atoms with Crippen LogP contribution in [0.4, 0.5) is 0 Å². The fraction of sp³-hybridized carbons (Fsp3) is 0.360. The van der Waals surface area contributed by atoms with Gasteiger partial charge in [0.15, 0.2) is 6.23 Å². The van der Waals surface area contributed by atoms with Crippen molar-refractivity contribution in [1.29, 1.82) is 0 Å². The summed E-state index contributed by atoms with van der Waals surface area (Å²) in [6.07, 6.45) is 9.66. The van der Waals surface area contributed by atoms with Crippen LogP contribution >= 0.6 is 0 Å². The van der Waals surface area contributed by atoms with Crippen LogP contribution in [-0.4, -0.2) is 22.3 Å². The summed E-state index contributed by atoms with van der Waals surface area (Å²) in [7, 11) is 0. The maximum Gasteiger partial charge on any atom is 0.244 e. The van der Waals surface area contributed by atoms with Crippen LogP contribution in [0.5, 0.6) is 0 Å². The van der Waals surface area contributed by atoms with E-state index in [4.69, 9.17) is 4.74 Å². The summed E-state index contributed by atoms with van der Waals surface area (Å²) in [6.45, 7) is 2.98. The molecule has 5 heteroatoms. The predicted molar refractivity (Wildman–Crippen MR) is 118 cm³/mol. The normalized spacial score (nSPS) is 23.7. The molecule has 1 fully saturated rings. The van der Waals surface area contributed by atoms with Crippen molar-refractivity contribution in [1.82, 2.24) is 15.1 Å². The maximum atomic E-state index is 12.6. The van der Waals surface area contributed by atoms with E-state index in [2.05, 4.69) is 47.7 Å². The molecule has 3 unspecified atom stereocenters. The minimum absolute atomic E-state index is 0.00250. The summed E-state index contributed by atoms with van der Waals surface area (Å²) in [6, 6.07) is 14.6. The molecule has 154 valence electrons. The number of amides is 1. The SMILES string of the molecule is CC1Cc2ccccc2C1NC(=O)/C=C/c1ccc2cnn(C3CCCCO3)c2c1. The molecular weight excluding hydrogens is 374 g/mol. The highest BCUT2D eigenvalue weighted by atomic mass is 16.5. The van der Waals surface area contributed by atoms with E-state index < -0.39 is 0 Å². The van der Waals surface area contributed by atoms with Gasteiger partial charge in [-0.05, 0) is 60.4 Å². The van der Waals surface area contributed by atoms with E-state index in [9.17, 15) is 4.79 Å². The van der Waals surface area contributed by atoms with Gasteiger partial charge in [-0.2, -0.15) is 5.10 Å². The summed E-state index contributed by atoms with van der Waals surface area (Å²) in [5.41, 5.74) is 4.60. The Kier molecular flexibility index (Phi) is 5.13. The first-order valence-corrected chi connectivity index (χ1v) is 10.8. The topological polar surface area (TPSA) is 56.2 Å². The molecule has 1 aliphatic heterocycles. The number of aromatic nitrogens is 2. The number of carbonyl (C=O) groups is 1. The third-order valence-electron chi connectivity index (χ3n) is 6.28. The molecule has 5 nitrogen and oxygen atoms in total. The minimum Gasteiger partial charge on any atom is -0.356 e. The first kappa shape index (κ1) is 19.1. The lowest BCUT2D eigenvalue weighted by Crippen LogP contribution is -2.28. The quantitative estimate of drug-likeness (QED) is 0.639. The molecule has 1 amide bonds. The monoisotopic (exact) mass is 401 g/mol. The van der Waals surface area contributed by atoms with Gasteiger partial charge in [0.1, 0.15) is 0 Å². The highest BCUT2D eigenvalue weighted by Gasteiger charge is 2.29. The molecule has 0 bridgehead atoms. The lowest BCUT2D eigenvalue weighted by atomic mass is 10.0. The van der Waals surface area contributed by atoms with Crippen molar-refractivity contribution >= 4 is 22.9 Å². The van der Waals surface area contributed by atoms with E-state index in [-0.39, 0.29) is 18.2 Å². The number of nitrogens with zero attached hydrogens (tertiary/aromatic N) is 2. The second-order valence-corrected chi connectivity index (χ2v) is 8.43. The van der Waals surface area contributed by atoms with Gasteiger partial charge >= 0.3 is 0 Å². The van der Waals surface area contributed by atoms with E-state index in [1.807, 2.05) is 29.1 Å². The Morgan fingerprint density at radius 1 is 1.23 bits per heavy atom. The smallest absolute Gasteiger partial charge is 0.244 e. The van der Waals surface area contributed by atoms with Crippen molar-refractivity contribution in [3.8, 4) is 0 Å². The molecule has 1 saturated heterocycles. The molecular formula is C25H27N3O2. The van der Waals surface area contributed by atoms with Crippen molar-refractivity contribution < 1.29 is 9.53 Å². The molecule has 30 heavy (non-hydrogen) atoms. The van der Waals surface area contributed by atoms with Gasteiger partial charge in [0.25, 0.3) is 0 Å². The number of ether oxygens (including phenoxy) is 1. The zero-order chi connectivity index (χ0) is 20.5. The van der Waals surface area contributed by atoms with Crippen LogP contribution in [0.2, 0.25) is 0 Å². The Morgan fingerprint density at radius 3 is 3.00 bits per heavy atom. The van der Waals surface area contributed by atoms with Gasteiger partial charge in [0.2, 0.25) is 5.91 Å². The van der Waals surface area contributed by atoms with Gasteiger partial charge in [-0.15, -0.1) is 0 Å². The van der Waals surface area contributed by atoms with Gasteiger partial charge in [-0.3, -0.25) is 4.79 Å². The van der Waals surface area contributed by atoms with Gasteiger partial charge in [0, 0.05) is 18.1 Å². The van der Waals surface area contributed by atoms with Crippen LogP contribution in [-0.2, 0) is 16.0 Å². The molecule has 1 aliphatic carbocycles. The fourth-order valence-corrected chi connectivity index (χ4v) is 4.69. The number of hydrogen-bond donors (Lipinski definition) is 1. The second-order valence-electron chi connectivity index (χ2n) is 8.43. The number of benzene rings is 2. The fourth-order valence-electron chi connectivity index (χ4n) is 4.69. The van der Waals surface area contributed by atoms with Crippen molar-refractivity contribution in [2.75, 3.05) is 6.61 Å². The molecule has 0 saturated carbocycles. The Bertz CT molecular complexity index is 1090. The van der Waals surface area contributed by atoms with Crippen LogP contribution in [0, 0.1) is 5.92 Å². The van der Waals surface area contributed by atoms with Crippen LogP contribution in [0.3, 0.4) is 0 Å². The summed E-state index contributed by atoms with van der Waals surface area (Å²) in [5.74, 6) is 0.341. The van der Waals surface area contributed by atoms with Crippen LogP contribution < -0.4 is 5.32 Å². The summed E-state index contributed by atoms with van der Waals surface area (Å²) < 4.78 is 7.88. The minimum atomic E-state index is -0.0622. The van der Waals surface area contributed by atoms with Gasteiger partial charge in [-0.25, -0.2) is 4.68 Å². The van der Waals surface area contributed by atoms with Gasteiger partial charge < -0.3 is 10.1 Å². The Balaban J connectivity index is 1.32. The third-order valence-corrected chi connectivity index (χ3v) is 6.28. The molecule has 0 radical (unpaired) electrons. The van der Waals surface area contributed by atoms with Crippen LogP contribution in [0.15, 0.2) is 54.7 Å². The zero-order valence-electron chi connectivity index (χ0n) is 17.3. The number of nitrogens with one attached hydrogen (secondary N) is 1. The Labute approximate surface area is 176 Å². The average Bonchev–Trinajstić information content (AvgIpc) is 3.33. The van der Waals surface area contributed by atoms with Crippen molar-refractivity contribution in [3.63, 3.8) is 0 Å². The molecule has 2 aliphatic rings. The largest absolute Gasteiger partial charge is 0.356 e. The molecule has 2 aromatic carbocycles. The van der Waals surface area contributed by atoms with Crippen LogP contribution in [0.1, 0.15) is 55.1 Å². The summed E-state index contributed by atoms with van der Waals surface area (Å²) in [5, 5.41) is 8.81. The number of hydrogen-bond acceptors (Lipinski definition) is 3. The highest BCUT2D eigenvalue weighted by Crippen LogP contribution is 2.35. The van der Waals surface area contributed by atoms with E-state index in [1.165, 1.54) is 11.1 Å².